The van der Waals surface area contributed by atoms with Crippen molar-refractivity contribution in [3.8, 4) is 0 Å². The normalized spacial score (nSPS) is 16.1. The van der Waals surface area contributed by atoms with Gasteiger partial charge >= 0.3 is 5.97 Å². The van der Waals surface area contributed by atoms with Crippen LogP contribution in [0.5, 0.6) is 0 Å². The van der Waals surface area contributed by atoms with E-state index in [1.54, 1.807) is 30.3 Å². The maximum absolute atomic E-state index is 12.2. The van der Waals surface area contributed by atoms with Crippen molar-refractivity contribution in [1.29, 1.82) is 0 Å². The number of ether oxygens (including phenoxy) is 1. The number of carbonyl (C=O) groups is 2. The number of Topliss-reactive ketones (excluding diaryl/α,β-unsaturated/α-hetero) is 1. The lowest BCUT2D eigenvalue weighted by Gasteiger charge is -2.16. The molecular formula is C16H10O3. The van der Waals surface area contributed by atoms with Crippen LogP contribution in [0.4, 0.5) is 0 Å². The standard InChI is InChI=1S/C16H10O3/c17-15-12-8-4-5-9-13(12)16(18)19-14(15)10-11-6-2-1-3-7-11/h1-10H/b14-10-. The summed E-state index contributed by atoms with van der Waals surface area (Å²) in [5, 5.41) is 0. The van der Waals surface area contributed by atoms with Crippen LogP contribution >= 0.6 is 0 Å². The average molecular weight is 250 g/mol. The van der Waals surface area contributed by atoms with Crippen LogP contribution in [-0.2, 0) is 4.74 Å². The third-order valence-electron chi connectivity index (χ3n) is 2.92. The van der Waals surface area contributed by atoms with Crippen LogP contribution in [0.1, 0.15) is 26.3 Å². The quantitative estimate of drug-likeness (QED) is 0.577. The molecule has 0 amide bonds. The fourth-order valence-corrected chi connectivity index (χ4v) is 1.99. The summed E-state index contributed by atoms with van der Waals surface area (Å²) in [6.45, 7) is 0. The van der Waals surface area contributed by atoms with E-state index in [-0.39, 0.29) is 11.5 Å². The highest BCUT2D eigenvalue weighted by Gasteiger charge is 2.29. The Hall–Kier alpha value is -2.68. The minimum atomic E-state index is -0.489. The molecule has 1 heterocycles. The van der Waals surface area contributed by atoms with Crippen molar-refractivity contribution < 1.29 is 14.3 Å². The first-order chi connectivity index (χ1) is 9.25. The Morgan fingerprint density at radius 3 is 2.16 bits per heavy atom. The maximum atomic E-state index is 12.2. The molecule has 0 saturated heterocycles. The van der Waals surface area contributed by atoms with E-state index in [1.165, 1.54) is 0 Å². The zero-order valence-electron chi connectivity index (χ0n) is 10.00. The van der Waals surface area contributed by atoms with Crippen LogP contribution in [0, 0.1) is 0 Å². The smallest absolute Gasteiger partial charge is 0.344 e. The highest BCUT2D eigenvalue weighted by Crippen LogP contribution is 2.24. The van der Waals surface area contributed by atoms with Crippen molar-refractivity contribution in [3.05, 3.63) is 77.0 Å². The molecule has 0 N–H and O–H groups in total. The van der Waals surface area contributed by atoms with Crippen LogP contribution < -0.4 is 0 Å². The summed E-state index contributed by atoms with van der Waals surface area (Å²) in [7, 11) is 0. The molecule has 0 bridgehead atoms. The second-order valence-corrected chi connectivity index (χ2v) is 4.18. The minimum Gasteiger partial charge on any atom is -0.419 e. The van der Waals surface area contributed by atoms with E-state index in [1.807, 2.05) is 30.3 Å². The van der Waals surface area contributed by atoms with Gasteiger partial charge in [-0.1, -0.05) is 48.5 Å². The Kier molecular flexibility index (Phi) is 2.72. The molecule has 0 aliphatic carbocycles. The fraction of sp³-hybridized carbons (Fsp3) is 0. The van der Waals surface area contributed by atoms with Crippen LogP contribution in [0.3, 0.4) is 0 Å². The number of esters is 1. The molecule has 3 nitrogen and oxygen atoms in total. The van der Waals surface area contributed by atoms with Gasteiger partial charge in [-0.3, -0.25) is 4.79 Å². The van der Waals surface area contributed by atoms with Gasteiger partial charge in [-0.25, -0.2) is 4.79 Å². The Bertz CT molecular complexity index is 684. The van der Waals surface area contributed by atoms with E-state index < -0.39 is 5.97 Å². The number of benzene rings is 2. The summed E-state index contributed by atoms with van der Waals surface area (Å²) < 4.78 is 5.10. The second kappa shape index (κ2) is 4.53. The van der Waals surface area contributed by atoms with E-state index in [2.05, 4.69) is 0 Å². The van der Waals surface area contributed by atoms with Crippen molar-refractivity contribution in [1.82, 2.24) is 0 Å². The summed E-state index contributed by atoms with van der Waals surface area (Å²) in [5.74, 6) is -0.689. The molecular weight excluding hydrogens is 240 g/mol. The summed E-state index contributed by atoms with van der Waals surface area (Å²) >= 11 is 0. The van der Waals surface area contributed by atoms with E-state index in [0.29, 0.717) is 11.1 Å². The summed E-state index contributed by atoms with van der Waals surface area (Å²) in [4.78, 5) is 24.0. The fourth-order valence-electron chi connectivity index (χ4n) is 1.99. The molecule has 0 aromatic heterocycles. The van der Waals surface area contributed by atoms with Gasteiger partial charge in [-0.05, 0) is 17.7 Å². The molecule has 1 aliphatic heterocycles. The molecule has 3 rings (SSSR count). The number of cyclic esters (lactones) is 1. The van der Waals surface area contributed by atoms with E-state index in [0.717, 1.165) is 5.56 Å². The van der Waals surface area contributed by atoms with Crippen LogP contribution in [0.15, 0.2) is 60.4 Å². The number of fused-ring (bicyclic) bond motifs is 1. The number of hydrogen-bond acceptors (Lipinski definition) is 3. The number of carbonyl (C=O) groups excluding carboxylic acids is 2. The SMILES string of the molecule is O=C1O/C(=C\c2ccccc2)C(=O)c2ccccc21. The van der Waals surface area contributed by atoms with Crippen LogP contribution in [0.2, 0.25) is 0 Å². The van der Waals surface area contributed by atoms with Crippen molar-refractivity contribution >= 4 is 17.8 Å². The second-order valence-electron chi connectivity index (χ2n) is 4.18. The van der Waals surface area contributed by atoms with Gasteiger partial charge in [0.1, 0.15) is 0 Å². The highest BCUT2D eigenvalue weighted by atomic mass is 16.5. The highest BCUT2D eigenvalue weighted by molar-refractivity contribution is 6.19. The summed E-state index contributed by atoms with van der Waals surface area (Å²) in [6.07, 6.45) is 1.58. The topological polar surface area (TPSA) is 43.4 Å². The lowest BCUT2D eigenvalue weighted by molar-refractivity contribution is 0.0567. The van der Waals surface area contributed by atoms with Gasteiger partial charge in [0, 0.05) is 5.56 Å². The largest absolute Gasteiger partial charge is 0.419 e. The molecule has 2 aromatic rings. The molecule has 19 heavy (non-hydrogen) atoms. The number of ketones is 1. The van der Waals surface area contributed by atoms with Gasteiger partial charge in [-0.15, -0.1) is 0 Å². The van der Waals surface area contributed by atoms with Gasteiger partial charge in [0.15, 0.2) is 5.76 Å². The predicted molar refractivity (Wildman–Crippen MR) is 70.6 cm³/mol. The molecule has 92 valence electrons. The Morgan fingerprint density at radius 2 is 1.42 bits per heavy atom. The average Bonchev–Trinajstić information content (AvgIpc) is 2.46. The molecule has 0 atom stereocenters. The zero-order valence-corrected chi connectivity index (χ0v) is 10.00. The Morgan fingerprint density at radius 1 is 0.789 bits per heavy atom. The lowest BCUT2D eigenvalue weighted by Crippen LogP contribution is -2.22. The van der Waals surface area contributed by atoms with E-state index in [9.17, 15) is 9.59 Å². The van der Waals surface area contributed by atoms with Crippen LogP contribution in [0.25, 0.3) is 6.08 Å². The Labute approximate surface area is 110 Å². The molecule has 1 aliphatic rings. The molecule has 0 unspecified atom stereocenters. The lowest BCUT2D eigenvalue weighted by atomic mass is 9.99. The van der Waals surface area contributed by atoms with Gasteiger partial charge in [0.25, 0.3) is 0 Å². The van der Waals surface area contributed by atoms with Crippen LogP contribution in [-0.4, -0.2) is 11.8 Å². The third-order valence-corrected chi connectivity index (χ3v) is 2.92. The molecule has 0 fully saturated rings. The summed E-state index contributed by atoms with van der Waals surface area (Å²) in [6, 6.07) is 15.9. The van der Waals surface area contributed by atoms with Gasteiger partial charge in [0.05, 0.1) is 5.56 Å². The van der Waals surface area contributed by atoms with E-state index in [4.69, 9.17) is 4.74 Å². The van der Waals surface area contributed by atoms with Crippen molar-refractivity contribution in [3.63, 3.8) is 0 Å². The molecule has 0 spiro atoms. The number of hydrogen-bond donors (Lipinski definition) is 0. The first-order valence-corrected chi connectivity index (χ1v) is 5.88. The molecule has 0 saturated carbocycles. The third kappa shape index (κ3) is 2.06. The van der Waals surface area contributed by atoms with Crippen molar-refractivity contribution in [2.45, 2.75) is 0 Å². The Balaban J connectivity index is 2.06. The maximum Gasteiger partial charge on any atom is 0.344 e. The minimum absolute atomic E-state index is 0.0647. The van der Waals surface area contributed by atoms with Crippen molar-refractivity contribution in [2.75, 3.05) is 0 Å². The predicted octanol–water partition coefficient (Wildman–Crippen LogP) is 3.08. The number of rotatable bonds is 1. The van der Waals surface area contributed by atoms with Gasteiger partial charge < -0.3 is 4.74 Å². The molecule has 2 aromatic carbocycles. The first kappa shape index (κ1) is 11.4. The van der Waals surface area contributed by atoms with E-state index >= 15 is 0 Å². The van der Waals surface area contributed by atoms with Gasteiger partial charge in [0.2, 0.25) is 5.78 Å². The van der Waals surface area contributed by atoms with Gasteiger partial charge in [-0.2, -0.15) is 0 Å². The first-order valence-electron chi connectivity index (χ1n) is 5.88. The molecule has 0 radical (unpaired) electrons. The number of allylic oxidation sites excluding steroid dienone is 1. The molecule has 3 heteroatoms. The van der Waals surface area contributed by atoms with Crippen molar-refractivity contribution in [2.24, 2.45) is 0 Å². The summed E-state index contributed by atoms with van der Waals surface area (Å²) in [5.41, 5.74) is 1.52. The zero-order chi connectivity index (χ0) is 13.2. The monoisotopic (exact) mass is 250 g/mol.